The lowest BCUT2D eigenvalue weighted by Crippen LogP contribution is -2.70. The summed E-state index contributed by atoms with van der Waals surface area (Å²) in [6.07, 6.45) is 0.460. The Morgan fingerprint density at radius 2 is 0.778 bits per heavy atom. The van der Waals surface area contributed by atoms with Crippen molar-refractivity contribution < 1.29 is 37.0 Å². The van der Waals surface area contributed by atoms with Crippen LogP contribution in [0.5, 0.6) is 0 Å². The van der Waals surface area contributed by atoms with E-state index >= 15 is 0 Å². The molecule has 268 valence electrons. The SMILES string of the molecule is C[SiH](C)O[Si](C)(O[Si](C)(C)C)O[Si](CCCN=[N+]=[N-])(O[Si](C)(O[Si](C)(C)C)O[Si](C)(C)C)O[Si](C)(O[Si](C)(C)C)O[Si](C)(C)C. The minimum absolute atomic E-state index is 0.248. The van der Waals surface area contributed by atoms with Crippen molar-refractivity contribution in [2.45, 2.75) is 143 Å². The Morgan fingerprint density at radius 3 is 1.04 bits per heavy atom. The lowest BCUT2D eigenvalue weighted by molar-refractivity contribution is 0.121. The Balaban J connectivity index is 7.77. The molecule has 0 heterocycles. The second-order valence-electron chi connectivity index (χ2n) is 16.9. The van der Waals surface area contributed by atoms with Crippen molar-refractivity contribution in [3.63, 3.8) is 0 Å². The van der Waals surface area contributed by atoms with Gasteiger partial charge in [-0.25, -0.2) is 0 Å². The van der Waals surface area contributed by atoms with Gasteiger partial charge < -0.3 is 37.0 Å². The van der Waals surface area contributed by atoms with Crippen molar-refractivity contribution in [2.75, 3.05) is 6.54 Å². The van der Waals surface area contributed by atoms with Crippen LogP contribution in [0.2, 0.25) is 137 Å². The molecule has 0 amide bonds. The van der Waals surface area contributed by atoms with E-state index in [1.54, 1.807) is 0 Å². The third-order valence-corrected chi connectivity index (χ3v) is 37.1. The van der Waals surface area contributed by atoms with Crippen molar-refractivity contribution in [1.82, 2.24) is 0 Å². The quantitative estimate of drug-likeness (QED) is 0.0347. The zero-order valence-electron chi connectivity index (χ0n) is 32.2. The number of hydrogen-bond donors (Lipinski definition) is 0. The maximum Gasteiger partial charge on any atom is 0.478 e. The second kappa shape index (κ2) is 16.9. The van der Waals surface area contributed by atoms with Crippen LogP contribution < -0.4 is 0 Å². The number of rotatable bonds is 22. The summed E-state index contributed by atoms with van der Waals surface area (Å²) in [4.78, 5) is 2.99. The molecule has 0 aliphatic rings. The fourth-order valence-electron chi connectivity index (χ4n) is 4.88. The molecular weight excluding hydrogens is 743 g/mol. The summed E-state index contributed by atoms with van der Waals surface area (Å²) in [5, 5.41) is 3.83. The second-order valence-corrected chi connectivity index (χ2v) is 54.6. The van der Waals surface area contributed by atoms with E-state index in [-0.39, 0.29) is 6.54 Å². The maximum absolute atomic E-state index is 9.10. The predicted molar refractivity (Wildman–Crippen MR) is 209 cm³/mol. The van der Waals surface area contributed by atoms with Gasteiger partial charge in [0.1, 0.15) is 0 Å². The molecule has 0 saturated carbocycles. The van der Waals surface area contributed by atoms with Gasteiger partial charge in [0.2, 0.25) is 0 Å². The van der Waals surface area contributed by atoms with Gasteiger partial charge in [0.15, 0.2) is 50.6 Å². The van der Waals surface area contributed by atoms with Crippen LogP contribution >= 0.6 is 0 Å². The van der Waals surface area contributed by atoms with Gasteiger partial charge in [0.05, 0.1) is 0 Å². The first kappa shape index (κ1) is 46.1. The Bertz CT molecular complexity index is 900. The van der Waals surface area contributed by atoms with Crippen molar-refractivity contribution in [3.8, 4) is 0 Å². The van der Waals surface area contributed by atoms with E-state index in [1.807, 2.05) is 19.6 Å². The first-order valence-corrected chi connectivity index (χ1v) is 44.4. The highest BCUT2D eigenvalue weighted by Gasteiger charge is 2.62. The molecule has 0 radical (unpaired) electrons. The zero-order valence-corrected chi connectivity index (χ0v) is 42.4. The maximum atomic E-state index is 9.10. The van der Waals surface area contributed by atoms with E-state index in [0.29, 0.717) is 12.5 Å². The molecular formula is C23H67N3O9Si10. The molecule has 45 heavy (non-hydrogen) atoms. The van der Waals surface area contributed by atoms with E-state index < -0.39 is 85.8 Å². The summed E-state index contributed by atoms with van der Waals surface area (Å²) in [6, 6.07) is 0.325. The van der Waals surface area contributed by atoms with Gasteiger partial charge in [0.25, 0.3) is 0 Å². The van der Waals surface area contributed by atoms with E-state index in [9.17, 15) is 0 Å². The van der Waals surface area contributed by atoms with E-state index in [1.165, 1.54) is 0 Å². The van der Waals surface area contributed by atoms with Crippen LogP contribution in [-0.4, -0.2) is 92.4 Å². The van der Waals surface area contributed by atoms with Crippen molar-refractivity contribution in [3.05, 3.63) is 10.4 Å². The lowest BCUT2D eigenvalue weighted by atomic mass is 10.5. The molecule has 1 atom stereocenters. The van der Waals surface area contributed by atoms with Gasteiger partial charge >= 0.3 is 35.2 Å². The minimum Gasteiger partial charge on any atom is -0.420 e. The third kappa shape index (κ3) is 22.5. The summed E-state index contributed by atoms with van der Waals surface area (Å²) in [6.45, 7) is 42.3. The first-order valence-electron chi connectivity index (χ1n) is 15.9. The average molecular weight is 811 g/mol. The summed E-state index contributed by atoms with van der Waals surface area (Å²) in [5.74, 6) is 0. The molecule has 0 rings (SSSR count). The topological polar surface area (TPSA) is 132 Å². The normalized spacial score (nSPS) is 16.1. The van der Waals surface area contributed by atoms with E-state index in [4.69, 9.17) is 42.6 Å². The van der Waals surface area contributed by atoms with Crippen molar-refractivity contribution in [2.24, 2.45) is 5.11 Å². The summed E-state index contributed by atoms with van der Waals surface area (Å²) >= 11 is 0. The number of hydrogen-bond acceptors (Lipinski definition) is 10. The zero-order chi connectivity index (χ0) is 36.0. The van der Waals surface area contributed by atoms with Crippen LogP contribution in [0.4, 0.5) is 0 Å². The van der Waals surface area contributed by atoms with Gasteiger partial charge in [-0.1, -0.05) is 5.11 Å². The van der Waals surface area contributed by atoms with Crippen LogP contribution in [-0.2, 0) is 37.0 Å². The number of nitrogens with zero attached hydrogens (tertiary/aromatic N) is 3. The summed E-state index contributed by atoms with van der Waals surface area (Å²) in [5.41, 5.74) is 9.10. The highest BCUT2D eigenvalue weighted by atomic mass is 28.6. The van der Waals surface area contributed by atoms with E-state index in [2.05, 4.69) is 121 Å². The molecule has 0 saturated heterocycles. The number of azide groups is 1. The van der Waals surface area contributed by atoms with E-state index in [0.717, 1.165) is 0 Å². The molecule has 0 aromatic rings. The van der Waals surface area contributed by atoms with Crippen LogP contribution in [0.25, 0.3) is 10.4 Å². The molecule has 1 unspecified atom stereocenters. The van der Waals surface area contributed by atoms with Crippen LogP contribution in [0, 0.1) is 0 Å². The molecule has 12 nitrogen and oxygen atoms in total. The summed E-state index contributed by atoms with van der Waals surface area (Å²) < 4.78 is 62.8. The highest BCUT2D eigenvalue weighted by molar-refractivity contribution is 6.94. The molecule has 0 N–H and O–H groups in total. The van der Waals surface area contributed by atoms with Gasteiger partial charge in [-0.3, -0.25) is 0 Å². The predicted octanol–water partition coefficient (Wildman–Crippen LogP) is 8.64. The van der Waals surface area contributed by atoms with Crippen molar-refractivity contribution >= 4 is 85.8 Å². The highest BCUT2D eigenvalue weighted by Crippen LogP contribution is 2.36. The van der Waals surface area contributed by atoms with Crippen LogP contribution in [0.3, 0.4) is 0 Å². The molecule has 0 aromatic carbocycles. The first-order chi connectivity index (χ1) is 19.6. The minimum atomic E-state index is -3.93. The average Bonchev–Trinajstić information content (AvgIpc) is 2.61. The summed E-state index contributed by atoms with van der Waals surface area (Å²) in [7, 11) is -26.8. The third-order valence-electron chi connectivity index (χ3n) is 4.73. The lowest BCUT2D eigenvalue weighted by Gasteiger charge is -2.48. The molecule has 22 heteroatoms. The Morgan fingerprint density at radius 1 is 0.489 bits per heavy atom. The monoisotopic (exact) mass is 809 g/mol. The van der Waals surface area contributed by atoms with Gasteiger partial charge in [-0.05, 0) is 123 Å². The molecule has 0 aliphatic heterocycles. The molecule has 0 aliphatic carbocycles. The molecule has 0 bridgehead atoms. The standard InChI is InChI=1S/C23H67N3O9Si10/c1-36(2)27-42(18,28-37(3,4)5)33-45(23-21-22-25-26-24,34-43(19,29-38(6,7)8)30-39(9,10)11)35-44(20,31-40(12,13)14)32-41(15,16)17/h36H,21-23H2,1-20H3. The Labute approximate surface area is 287 Å². The van der Waals surface area contributed by atoms with Crippen molar-refractivity contribution in [1.29, 1.82) is 0 Å². The Kier molecular flexibility index (Phi) is 17.3. The van der Waals surface area contributed by atoms with Crippen LogP contribution in [0.1, 0.15) is 6.42 Å². The fourth-order valence-corrected chi connectivity index (χ4v) is 45.8. The molecule has 0 spiro atoms. The van der Waals surface area contributed by atoms with Gasteiger partial charge in [0, 0.05) is 37.1 Å². The molecule has 0 aromatic heterocycles. The smallest absolute Gasteiger partial charge is 0.420 e. The van der Waals surface area contributed by atoms with Gasteiger partial charge in [-0.2, -0.15) is 0 Å². The Hall–Kier alpha value is 1.12. The molecule has 0 fully saturated rings. The fraction of sp³-hybridized carbons (Fsp3) is 1.00. The van der Waals surface area contributed by atoms with Gasteiger partial charge in [-0.15, -0.1) is 0 Å². The van der Waals surface area contributed by atoms with Crippen LogP contribution in [0.15, 0.2) is 5.11 Å². The largest absolute Gasteiger partial charge is 0.478 e.